The molecule has 0 bridgehead atoms. The van der Waals surface area contributed by atoms with Gasteiger partial charge in [-0.3, -0.25) is 9.69 Å². The third-order valence-electron chi connectivity index (χ3n) is 5.00. The Morgan fingerprint density at radius 2 is 2.00 bits per heavy atom. The van der Waals surface area contributed by atoms with E-state index >= 15 is 0 Å². The standard InChI is InChI=1S/C17H23N5O2/c23-17(16-4-3-11-24-16)21-9-5-15(6-10-21)22-13-14(18-19-22)12-20-7-1-2-8-20/h3-4,11,13,15H,1-2,5-10,12H2. The highest BCUT2D eigenvalue weighted by Gasteiger charge is 2.26. The van der Waals surface area contributed by atoms with Crippen molar-refractivity contribution >= 4 is 5.91 Å². The van der Waals surface area contributed by atoms with Crippen LogP contribution in [0.5, 0.6) is 0 Å². The molecule has 7 heteroatoms. The summed E-state index contributed by atoms with van der Waals surface area (Å²) in [6, 6.07) is 3.79. The van der Waals surface area contributed by atoms with Crippen LogP contribution in [0.15, 0.2) is 29.0 Å². The second-order valence-electron chi connectivity index (χ2n) is 6.67. The Bertz CT molecular complexity index is 667. The van der Waals surface area contributed by atoms with E-state index in [1.54, 1.807) is 12.1 Å². The highest BCUT2D eigenvalue weighted by molar-refractivity contribution is 5.91. The van der Waals surface area contributed by atoms with Gasteiger partial charge in [0, 0.05) is 19.6 Å². The predicted octanol–water partition coefficient (Wildman–Crippen LogP) is 1.94. The minimum atomic E-state index is -0.0215. The van der Waals surface area contributed by atoms with Gasteiger partial charge < -0.3 is 9.32 Å². The zero-order chi connectivity index (χ0) is 16.4. The smallest absolute Gasteiger partial charge is 0.289 e. The summed E-state index contributed by atoms with van der Waals surface area (Å²) in [5.74, 6) is 0.397. The minimum absolute atomic E-state index is 0.0215. The number of likely N-dealkylation sites (tertiary alicyclic amines) is 2. The SMILES string of the molecule is O=C(c1ccco1)N1CCC(n2cc(CN3CCCC3)nn2)CC1. The van der Waals surface area contributed by atoms with Crippen LogP contribution in [-0.4, -0.2) is 56.9 Å². The minimum Gasteiger partial charge on any atom is -0.459 e. The second kappa shape index (κ2) is 6.76. The van der Waals surface area contributed by atoms with Crippen molar-refractivity contribution in [3.05, 3.63) is 36.0 Å². The zero-order valence-corrected chi connectivity index (χ0v) is 13.8. The molecule has 2 aromatic rings. The number of hydrogen-bond donors (Lipinski definition) is 0. The predicted molar refractivity (Wildman–Crippen MR) is 87.4 cm³/mol. The molecule has 128 valence electrons. The van der Waals surface area contributed by atoms with E-state index in [1.807, 2.05) is 9.58 Å². The topological polar surface area (TPSA) is 67.4 Å². The van der Waals surface area contributed by atoms with E-state index in [4.69, 9.17) is 4.42 Å². The summed E-state index contributed by atoms with van der Waals surface area (Å²) < 4.78 is 7.19. The lowest BCUT2D eigenvalue weighted by Gasteiger charge is -2.31. The van der Waals surface area contributed by atoms with Gasteiger partial charge >= 0.3 is 0 Å². The van der Waals surface area contributed by atoms with E-state index in [2.05, 4.69) is 21.4 Å². The van der Waals surface area contributed by atoms with Crippen LogP contribution < -0.4 is 0 Å². The molecule has 2 aliphatic heterocycles. The molecule has 0 spiro atoms. The first-order valence-electron chi connectivity index (χ1n) is 8.75. The molecule has 0 unspecified atom stereocenters. The van der Waals surface area contributed by atoms with Crippen LogP contribution in [0.1, 0.15) is 48.0 Å². The third kappa shape index (κ3) is 3.21. The average Bonchev–Trinajstić information content (AvgIpc) is 3.37. The lowest BCUT2D eigenvalue weighted by molar-refractivity contribution is 0.0657. The number of carbonyl (C=O) groups excluding carboxylic acids is 1. The first-order chi connectivity index (χ1) is 11.8. The Labute approximate surface area is 141 Å². The van der Waals surface area contributed by atoms with Crippen molar-refractivity contribution in [3.63, 3.8) is 0 Å². The molecular weight excluding hydrogens is 306 g/mol. The van der Waals surface area contributed by atoms with Crippen LogP contribution in [-0.2, 0) is 6.54 Å². The molecule has 0 N–H and O–H groups in total. The first-order valence-corrected chi connectivity index (χ1v) is 8.75. The summed E-state index contributed by atoms with van der Waals surface area (Å²) >= 11 is 0. The lowest BCUT2D eigenvalue weighted by atomic mass is 10.1. The van der Waals surface area contributed by atoms with Crippen LogP contribution in [0, 0.1) is 0 Å². The molecule has 0 atom stereocenters. The van der Waals surface area contributed by atoms with Gasteiger partial charge in [0.15, 0.2) is 5.76 Å². The molecule has 7 nitrogen and oxygen atoms in total. The third-order valence-corrected chi connectivity index (χ3v) is 5.00. The van der Waals surface area contributed by atoms with E-state index < -0.39 is 0 Å². The summed E-state index contributed by atoms with van der Waals surface area (Å²) in [4.78, 5) is 16.6. The Morgan fingerprint density at radius 3 is 2.71 bits per heavy atom. The maximum Gasteiger partial charge on any atom is 0.289 e. The fourth-order valence-electron chi connectivity index (χ4n) is 3.62. The molecule has 1 amide bonds. The number of hydrogen-bond acceptors (Lipinski definition) is 5. The molecule has 0 aromatic carbocycles. The van der Waals surface area contributed by atoms with Gasteiger partial charge in [0.1, 0.15) is 0 Å². The normalized spacial score (nSPS) is 19.9. The molecule has 2 aliphatic rings. The summed E-state index contributed by atoms with van der Waals surface area (Å²) in [6.45, 7) is 4.69. The van der Waals surface area contributed by atoms with E-state index in [0.717, 1.165) is 38.2 Å². The maximum absolute atomic E-state index is 12.3. The van der Waals surface area contributed by atoms with Gasteiger partial charge in [-0.2, -0.15) is 0 Å². The van der Waals surface area contributed by atoms with Crippen molar-refractivity contribution in [2.75, 3.05) is 26.2 Å². The molecule has 2 aromatic heterocycles. The van der Waals surface area contributed by atoms with Crippen LogP contribution in [0.25, 0.3) is 0 Å². The maximum atomic E-state index is 12.3. The van der Waals surface area contributed by atoms with Crippen LogP contribution in [0.4, 0.5) is 0 Å². The number of nitrogens with zero attached hydrogens (tertiary/aromatic N) is 5. The molecule has 0 aliphatic carbocycles. The Morgan fingerprint density at radius 1 is 1.21 bits per heavy atom. The van der Waals surface area contributed by atoms with Gasteiger partial charge in [0.25, 0.3) is 5.91 Å². The lowest BCUT2D eigenvalue weighted by Crippen LogP contribution is -2.39. The highest BCUT2D eigenvalue weighted by atomic mass is 16.3. The van der Waals surface area contributed by atoms with E-state index in [0.29, 0.717) is 11.8 Å². The number of aromatic nitrogens is 3. The van der Waals surface area contributed by atoms with Crippen LogP contribution >= 0.6 is 0 Å². The van der Waals surface area contributed by atoms with E-state index in [1.165, 1.54) is 32.2 Å². The average molecular weight is 329 g/mol. The van der Waals surface area contributed by atoms with Gasteiger partial charge in [-0.1, -0.05) is 5.21 Å². The number of amides is 1. The van der Waals surface area contributed by atoms with Crippen LogP contribution in [0.3, 0.4) is 0 Å². The fraction of sp³-hybridized carbons (Fsp3) is 0.588. The molecule has 0 saturated carbocycles. The summed E-state index contributed by atoms with van der Waals surface area (Å²) in [5.41, 5.74) is 1.05. The van der Waals surface area contributed by atoms with Gasteiger partial charge in [0.05, 0.1) is 24.2 Å². The summed E-state index contributed by atoms with van der Waals surface area (Å²) in [7, 11) is 0. The van der Waals surface area contributed by atoms with Crippen molar-refractivity contribution < 1.29 is 9.21 Å². The Balaban J connectivity index is 1.32. The van der Waals surface area contributed by atoms with Crippen molar-refractivity contribution in [1.29, 1.82) is 0 Å². The summed E-state index contributed by atoms with van der Waals surface area (Å²) in [6.07, 6.45) is 7.99. The Hall–Kier alpha value is -2.15. The number of furan rings is 1. The molecule has 4 rings (SSSR count). The van der Waals surface area contributed by atoms with E-state index in [9.17, 15) is 4.79 Å². The van der Waals surface area contributed by atoms with Gasteiger partial charge in [-0.05, 0) is 50.9 Å². The molecule has 2 saturated heterocycles. The molecular formula is C17H23N5O2. The zero-order valence-electron chi connectivity index (χ0n) is 13.8. The van der Waals surface area contributed by atoms with Gasteiger partial charge in [-0.25, -0.2) is 4.68 Å². The van der Waals surface area contributed by atoms with Crippen molar-refractivity contribution in [2.45, 2.75) is 38.3 Å². The quantitative estimate of drug-likeness (QED) is 0.857. The fourth-order valence-corrected chi connectivity index (χ4v) is 3.62. The second-order valence-corrected chi connectivity index (χ2v) is 6.67. The van der Waals surface area contributed by atoms with Gasteiger partial charge in [0.2, 0.25) is 0 Å². The van der Waals surface area contributed by atoms with Crippen molar-refractivity contribution in [1.82, 2.24) is 24.8 Å². The molecule has 24 heavy (non-hydrogen) atoms. The van der Waals surface area contributed by atoms with Crippen LogP contribution in [0.2, 0.25) is 0 Å². The summed E-state index contributed by atoms with van der Waals surface area (Å²) in [5, 5.41) is 8.65. The Kier molecular flexibility index (Phi) is 4.34. The van der Waals surface area contributed by atoms with Crippen molar-refractivity contribution in [3.8, 4) is 0 Å². The molecule has 2 fully saturated rings. The van der Waals surface area contributed by atoms with Gasteiger partial charge in [-0.15, -0.1) is 5.10 Å². The monoisotopic (exact) mass is 329 g/mol. The highest BCUT2D eigenvalue weighted by Crippen LogP contribution is 2.23. The van der Waals surface area contributed by atoms with E-state index in [-0.39, 0.29) is 5.91 Å². The molecule has 4 heterocycles. The first kappa shape index (κ1) is 15.4. The molecule has 0 radical (unpaired) electrons. The number of rotatable bonds is 4. The number of piperidine rings is 1. The van der Waals surface area contributed by atoms with Crippen molar-refractivity contribution in [2.24, 2.45) is 0 Å². The number of carbonyl (C=O) groups is 1. The largest absolute Gasteiger partial charge is 0.459 e.